The number of hydrogen-bond acceptors (Lipinski definition) is 5. The molecule has 4 rings (SSSR count). The number of nitrogens with zero attached hydrogens (tertiary/aromatic N) is 2. The lowest BCUT2D eigenvalue weighted by molar-refractivity contribution is 0.0564. The van der Waals surface area contributed by atoms with Crippen LogP contribution in [0.5, 0.6) is 0 Å². The van der Waals surface area contributed by atoms with Crippen LogP contribution in [0.1, 0.15) is 22.5 Å². The summed E-state index contributed by atoms with van der Waals surface area (Å²) < 4.78 is 2.00. The molecule has 3 heterocycles. The van der Waals surface area contributed by atoms with E-state index in [1.54, 1.807) is 11.3 Å². The van der Waals surface area contributed by atoms with Crippen molar-refractivity contribution in [1.29, 1.82) is 0 Å². The normalized spacial score (nSPS) is 22.8. The molecule has 3 aromatic heterocycles. The summed E-state index contributed by atoms with van der Waals surface area (Å²) >= 11 is 3.00. The van der Waals surface area contributed by atoms with Crippen LogP contribution in [0.3, 0.4) is 0 Å². The van der Waals surface area contributed by atoms with Crippen molar-refractivity contribution >= 4 is 43.9 Å². The van der Waals surface area contributed by atoms with Gasteiger partial charge < -0.3 is 10.4 Å². The SMILES string of the molecule is O=C(NC1CC(O)C1)c1cc2c(nc3sccn32)s1. The summed E-state index contributed by atoms with van der Waals surface area (Å²) in [6, 6.07) is 2.00. The predicted molar refractivity (Wildman–Crippen MR) is 74.9 cm³/mol. The molecule has 0 atom stereocenters. The molecule has 0 aromatic carbocycles. The van der Waals surface area contributed by atoms with Gasteiger partial charge in [-0.05, 0) is 18.9 Å². The zero-order chi connectivity index (χ0) is 13.0. The highest BCUT2D eigenvalue weighted by Gasteiger charge is 2.29. The number of rotatable bonds is 2. The second-order valence-electron chi connectivity index (χ2n) is 4.76. The van der Waals surface area contributed by atoms with Crippen LogP contribution in [-0.2, 0) is 0 Å². The van der Waals surface area contributed by atoms with Crippen LogP contribution in [-0.4, -0.2) is 32.5 Å². The molecule has 0 bridgehead atoms. The highest BCUT2D eigenvalue weighted by atomic mass is 32.1. The zero-order valence-electron chi connectivity index (χ0n) is 9.87. The largest absolute Gasteiger partial charge is 0.393 e. The third-order valence-electron chi connectivity index (χ3n) is 3.41. The summed E-state index contributed by atoms with van der Waals surface area (Å²) in [5.41, 5.74) is 0.986. The number of carbonyl (C=O) groups excluding carboxylic acids is 1. The number of thiazole rings is 1. The monoisotopic (exact) mass is 293 g/mol. The van der Waals surface area contributed by atoms with Gasteiger partial charge in [0.2, 0.25) is 0 Å². The summed E-state index contributed by atoms with van der Waals surface area (Å²) in [6.45, 7) is 0. The molecule has 0 saturated heterocycles. The Labute approximate surface area is 116 Å². The van der Waals surface area contributed by atoms with Gasteiger partial charge in [0.1, 0.15) is 4.83 Å². The molecule has 1 aliphatic rings. The third-order valence-corrected chi connectivity index (χ3v) is 5.19. The molecule has 7 heteroatoms. The third kappa shape index (κ3) is 1.77. The number of aliphatic hydroxyl groups is 1. The molecule has 0 aliphatic heterocycles. The Morgan fingerprint density at radius 2 is 2.37 bits per heavy atom. The van der Waals surface area contributed by atoms with Crippen molar-refractivity contribution in [1.82, 2.24) is 14.7 Å². The maximum Gasteiger partial charge on any atom is 0.261 e. The molecule has 2 N–H and O–H groups in total. The molecule has 1 amide bonds. The Hall–Kier alpha value is -1.44. The lowest BCUT2D eigenvalue weighted by Gasteiger charge is -2.31. The Kier molecular flexibility index (Phi) is 2.41. The van der Waals surface area contributed by atoms with E-state index in [1.807, 2.05) is 22.0 Å². The summed E-state index contributed by atoms with van der Waals surface area (Å²) in [4.78, 5) is 19.1. The molecule has 5 nitrogen and oxygen atoms in total. The predicted octanol–water partition coefficient (Wildman–Crippen LogP) is 1.86. The smallest absolute Gasteiger partial charge is 0.261 e. The maximum atomic E-state index is 12.1. The van der Waals surface area contributed by atoms with Crippen LogP contribution in [0, 0.1) is 0 Å². The maximum absolute atomic E-state index is 12.1. The molecule has 1 fully saturated rings. The Morgan fingerprint density at radius 1 is 1.53 bits per heavy atom. The van der Waals surface area contributed by atoms with Crippen molar-refractivity contribution in [2.45, 2.75) is 25.0 Å². The highest BCUT2D eigenvalue weighted by Crippen LogP contribution is 2.28. The standard InChI is InChI=1S/C12H11N3O2S2/c16-7-3-6(4-7)13-10(17)9-5-8-11(19-9)14-12-15(8)1-2-18-12/h1-2,5-7,16H,3-4H2,(H,13,17). The quantitative estimate of drug-likeness (QED) is 0.758. The van der Waals surface area contributed by atoms with Gasteiger partial charge in [-0.1, -0.05) is 0 Å². The van der Waals surface area contributed by atoms with Gasteiger partial charge in [-0.3, -0.25) is 9.20 Å². The van der Waals surface area contributed by atoms with Gasteiger partial charge in [0.15, 0.2) is 4.96 Å². The zero-order valence-corrected chi connectivity index (χ0v) is 11.5. The van der Waals surface area contributed by atoms with E-state index < -0.39 is 0 Å². The minimum Gasteiger partial charge on any atom is -0.393 e. The Morgan fingerprint density at radius 3 is 3.16 bits per heavy atom. The lowest BCUT2D eigenvalue weighted by Crippen LogP contribution is -2.46. The Balaban J connectivity index is 1.63. The average Bonchev–Trinajstić information content (AvgIpc) is 2.96. The fraction of sp³-hybridized carbons (Fsp3) is 0.333. The first-order chi connectivity index (χ1) is 9.20. The van der Waals surface area contributed by atoms with Crippen molar-refractivity contribution in [3.8, 4) is 0 Å². The number of thiophene rings is 1. The molecule has 19 heavy (non-hydrogen) atoms. The van der Waals surface area contributed by atoms with Gasteiger partial charge >= 0.3 is 0 Å². The number of fused-ring (bicyclic) bond motifs is 3. The molecular weight excluding hydrogens is 282 g/mol. The molecule has 98 valence electrons. The molecular formula is C12H11N3O2S2. The minimum atomic E-state index is -0.252. The number of carbonyl (C=O) groups is 1. The highest BCUT2D eigenvalue weighted by molar-refractivity contribution is 7.21. The number of aliphatic hydroxyl groups excluding tert-OH is 1. The first-order valence-corrected chi connectivity index (χ1v) is 7.74. The van der Waals surface area contributed by atoms with Crippen molar-refractivity contribution in [3.05, 3.63) is 22.5 Å². The van der Waals surface area contributed by atoms with Crippen molar-refractivity contribution in [3.63, 3.8) is 0 Å². The van der Waals surface area contributed by atoms with E-state index in [0.717, 1.165) is 15.3 Å². The van der Waals surface area contributed by atoms with Crippen LogP contribution in [0.15, 0.2) is 17.6 Å². The van der Waals surface area contributed by atoms with Gasteiger partial charge in [0.05, 0.1) is 16.5 Å². The molecule has 0 radical (unpaired) electrons. The first-order valence-electron chi connectivity index (χ1n) is 6.05. The number of nitrogens with one attached hydrogen (secondary N) is 1. The van der Waals surface area contributed by atoms with Crippen LogP contribution in [0.2, 0.25) is 0 Å². The molecule has 3 aromatic rings. The van der Waals surface area contributed by atoms with Crippen molar-refractivity contribution in [2.24, 2.45) is 0 Å². The van der Waals surface area contributed by atoms with Crippen LogP contribution < -0.4 is 5.32 Å². The van der Waals surface area contributed by atoms with E-state index in [4.69, 9.17) is 0 Å². The summed E-state index contributed by atoms with van der Waals surface area (Å²) in [5.74, 6) is -0.0659. The van der Waals surface area contributed by atoms with Crippen molar-refractivity contribution in [2.75, 3.05) is 0 Å². The number of imidazole rings is 1. The lowest BCUT2D eigenvalue weighted by atomic mass is 9.89. The first kappa shape index (κ1) is 11.4. The second kappa shape index (κ2) is 4.03. The topological polar surface area (TPSA) is 66.6 Å². The number of aromatic nitrogens is 2. The summed E-state index contributed by atoms with van der Waals surface area (Å²) in [6.07, 6.45) is 3.03. The average molecular weight is 293 g/mol. The fourth-order valence-electron chi connectivity index (χ4n) is 2.32. The van der Waals surface area contributed by atoms with Gasteiger partial charge in [0, 0.05) is 17.6 Å². The molecule has 1 aliphatic carbocycles. The summed E-state index contributed by atoms with van der Waals surface area (Å²) in [5, 5.41) is 14.1. The van der Waals surface area contributed by atoms with Gasteiger partial charge in [-0.25, -0.2) is 4.98 Å². The van der Waals surface area contributed by atoms with Gasteiger partial charge in [-0.2, -0.15) is 0 Å². The van der Waals surface area contributed by atoms with Crippen LogP contribution in [0.4, 0.5) is 0 Å². The van der Waals surface area contributed by atoms with Crippen LogP contribution >= 0.6 is 22.7 Å². The van der Waals surface area contributed by atoms with E-state index in [-0.39, 0.29) is 18.1 Å². The van der Waals surface area contributed by atoms with E-state index in [9.17, 15) is 9.90 Å². The molecule has 1 saturated carbocycles. The van der Waals surface area contributed by atoms with E-state index in [2.05, 4.69) is 10.3 Å². The number of hydrogen-bond donors (Lipinski definition) is 2. The van der Waals surface area contributed by atoms with E-state index in [0.29, 0.717) is 17.7 Å². The fourth-order valence-corrected chi connectivity index (χ4v) is 4.02. The van der Waals surface area contributed by atoms with E-state index >= 15 is 0 Å². The van der Waals surface area contributed by atoms with Gasteiger partial charge in [0.25, 0.3) is 5.91 Å². The minimum absolute atomic E-state index is 0.0659. The van der Waals surface area contributed by atoms with E-state index in [1.165, 1.54) is 11.3 Å². The van der Waals surface area contributed by atoms with Gasteiger partial charge in [-0.15, -0.1) is 22.7 Å². The molecule has 0 unspecified atom stereocenters. The van der Waals surface area contributed by atoms with Crippen LogP contribution in [0.25, 0.3) is 15.3 Å². The second-order valence-corrected chi connectivity index (χ2v) is 6.67. The Bertz CT molecular complexity index is 766. The number of amides is 1. The van der Waals surface area contributed by atoms with Crippen molar-refractivity contribution < 1.29 is 9.90 Å². The summed E-state index contributed by atoms with van der Waals surface area (Å²) in [7, 11) is 0. The molecule has 0 spiro atoms.